The normalized spacial score (nSPS) is 15.5. The summed E-state index contributed by atoms with van der Waals surface area (Å²) >= 11 is 6.29. The minimum Gasteiger partial charge on any atom is -0.390 e. The van der Waals surface area contributed by atoms with Crippen LogP contribution in [-0.4, -0.2) is 10.7 Å². The van der Waals surface area contributed by atoms with E-state index in [4.69, 9.17) is 11.6 Å². The smallest absolute Gasteiger partial charge is 0.0688 e. The molecule has 0 aliphatic carbocycles. The third-order valence-corrected chi connectivity index (χ3v) is 5.12. The summed E-state index contributed by atoms with van der Waals surface area (Å²) in [6, 6.07) is 6.24. The zero-order valence-electron chi connectivity index (χ0n) is 14.8. The molecule has 2 atom stereocenters. The molecular formula is C20H33ClO. The number of aliphatic hydroxyl groups is 1. The minimum atomic E-state index is -0.652. The van der Waals surface area contributed by atoms with Gasteiger partial charge in [-0.05, 0) is 43.9 Å². The third kappa shape index (κ3) is 5.93. The molecule has 1 rings (SSSR count). The van der Waals surface area contributed by atoms with Crippen LogP contribution in [0.2, 0.25) is 5.02 Å². The van der Waals surface area contributed by atoms with Crippen molar-refractivity contribution in [3.05, 3.63) is 34.3 Å². The second-order valence-corrected chi connectivity index (χ2v) is 7.28. The van der Waals surface area contributed by atoms with E-state index in [0.29, 0.717) is 0 Å². The summed E-state index contributed by atoms with van der Waals surface area (Å²) in [7, 11) is 0. The van der Waals surface area contributed by atoms with Crippen molar-refractivity contribution in [2.45, 2.75) is 90.6 Å². The lowest BCUT2D eigenvalue weighted by Crippen LogP contribution is -2.33. The Morgan fingerprint density at radius 1 is 1.09 bits per heavy atom. The van der Waals surface area contributed by atoms with Gasteiger partial charge >= 0.3 is 0 Å². The van der Waals surface area contributed by atoms with E-state index >= 15 is 0 Å². The van der Waals surface area contributed by atoms with Gasteiger partial charge in [-0.3, -0.25) is 0 Å². The van der Waals surface area contributed by atoms with Gasteiger partial charge in [-0.15, -0.1) is 0 Å². The molecule has 2 unspecified atom stereocenters. The number of aryl methyl sites for hydroxylation is 1. The van der Waals surface area contributed by atoms with Gasteiger partial charge in [0.15, 0.2) is 0 Å². The molecule has 0 bridgehead atoms. The van der Waals surface area contributed by atoms with Crippen LogP contribution < -0.4 is 0 Å². The van der Waals surface area contributed by atoms with Crippen LogP contribution in [0.4, 0.5) is 0 Å². The van der Waals surface area contributed by atoms with E-state index in [9.17, 15) is 5.11 Å². The van der Waals surface area contributed by atoms with Gasteiger partial charge in [0, 0.05) is 10.9 Å². The third-order valence-electron chi connectivity index (χ3n) is 4.71. The predicted molar refractivity (Wildman–Crippen MR) is 97.8 cm³/mol. The van der Waals surface area contributed by atoms with Crippen molar-refractivity contribution >= 4 is 11.6 Å². The number of hydrogen-bond donors (Lipinski definition) is 1. The molecule has 0 saturated heterocycles. The van der Waals surface area contributed by atoms with Crippen molar-refractivity contribution in [1.82, 2.24) is 0 Å². The zero-order chi connectivity index (χ0) is 16.6. The van der Waals surface area contributed by atoms with Gasteiger partial charge in [0.2, 0.25) is 0 Å². The molecule has 0 radical (unpaired) electrons. The Labute approximate surface area is 142 Å². The maximum atomic E-state index is 11.0. The Morgan fingerprint density at radius 2 is 1.77 bits per heavy atom. The van der Waals surface area contributed by atoms with Crippen LogP contribution in [0.3, 0.4) is 0 Å². The van der Waals surface area contributed by atoms with Gasteiger partial charge in [0.25, 0.3) is 0 Å². The fraction of sp³-hybridized carbons (Fsp3) is 0.700. The van der Waals surface area contributed by atoms with Crippen molar-refractivity contribution < 1.29 is 5.11 Å². The highest BCUT2D eigenvalue weighted by Crippen LogP contribution is 2.37. The van der Waals surface area contributed by atoms with E-state index in [-0.39, 0.29) is 5.92 Å². The van der Waals surface area contributed by atoms with E-state index in [1.807, 2.05) is 19.9 Å². The average Bonchev–Trinajstić information content (AvgIpc) is 2.47. The summed E-state index contributed by atoms with van der Waals surface area (Å²) in [6.07, 6.45) is 9.10. The van der Waals surface area contributed by atoms with E-state index in [0.717, 1.165) is 36.3 Å². The van der Waals surface area contributed by atoms with Crippen LogP contribution in [0.5, 0.6) is 0 Å². The molecule has 0 fully saturated rings. The standard InChI is InChI=1S/C20H33ClO/c1-5-7-8-9-10-14-20(4,22)18(11-6-2)17-13-12-16(3)19(21)15-17/h12-13,15,18,22H,5-11,14H2,1-4H3. The van der Waals surface area contributed by atoms with Crippen LogP contribution in [0.25, 0.3) is 0 Å². The van der Waals surface area contributed by atoms with Gasteiger partial charge in [0.1, 0.15) is 0 Å². The molecule has 1 aromatic carbocycles. The van der Waals surface area contributed by atoms with Crippen LogP contribution >= 0.6 is 11.6 Å². The quantitative estimate of drug-likeness (QED) is 0.478. The first-order valence-electron chi connectivity index (χ1n) is 8.90. The summed E-state index contributed by atoms with van der Waals surface area (Å²) in [6.45, 7) is 8.43. The molecule has 126 valence electrons. The fourth-order valence-corrected chi connectivity index (χ4v) is 3.40. The Kier molecular flexibility index (Phi) is 8.49. The monoisotopic (exact) mass is 324 g/mol. The maximum Gasteiger partial charge on any atom is 0.0688 e. The predicted octanol–water partition coefficient (Wildman–Crippen LogP) is 6.64. The highest BCUT2D eigenvalue weighted by atomic mass is 35.5. The fourth-order valence-electron chi connectivity index (χ4n) is 3.21. The topological polar surface area (TPSA) is 20.2 Å². The van der Waals surface area contributed by atoms with Crippen molar-refractivity contribution in [3.8, 4) is 0 Å². The van der Waals surface area contributed by atoms with Crippen LogP contribution in [-0.2, 0) is 0 Å². The second-order valence-electron chi connectivity index (χ2n) is 6.87. The molecule has 0 saturated carbocycles. The zero-order valence-corrected chi connectivity index (χ0v) is 15.5. The first kappa shape index (κ1) is 19.5. The Morgan fingerprint density at radius 3 is 2.36 bits per heavy atom. The minimum absolute atomic E-state index is 0.168. The number of benzene rings is 1. The Hall–Kier alpha value is -0.530. The number of halogens is 1. The van der Waals surface area contributed by atoms with Gasteiger partial charge in [-0.2, -0.15) is 0 Å². The average molecular weight is 325 g/mol. The summed E-state index contributed by atoms with van der Waals surface area (Å²) in [4.78, 5) is 0. The molecule has 0 spiro atoms. The molecule has 1 nitrogen and oxygen atoms in total. The number of hydrogen-bond acceptors (Lipinski definition) is 1. The van der Waals surface area contributed by atoms with Gasteiger partial charge in [-0.1, -0.05) is 76.1 Å². The molecule has 0 aliphatic heterocycles. The molecule has 1 aromatic rings. The van der Waals surface area contributed by atoms with Crippen molar-refractivity contribution in [2.75, 3.05) is 0 Å². The van der Waals surface area contributed by atoms with Crippen LogP contribution in [0.1, 0.15) is 89.2 Å². The molecular weight excluding hydrogens is 292 g/mol. The highest BCUT2D eigenvalue weighted by Gasteiger charge is 2.32. The molecule has 0 aromatic heterocycles. The first-order valence-corrected chi connectivity index (χ1v) is 9.28. The molecule has 2 heteroatoms. The van der Waals surface area contributed by atoms with Gasteiger partial charge < -0.3 is 5.11 Å². The van der Waals surface area contributed by atoms with E-state index in [1.54, 1.807) is 0 Å². The van der Waals surface area contributed by atoms with Crippen molar-refractivity contribution in [2.24, 2.45) is 0 Å². The largest absolute Gasteiger partial charge is 0.390 e. The second kappa shape index (κ2) is 9.57. The first-order chi connectivity index (χ1) is 10.4. The van der Waals surface area contributed by atoms with Gasteiger partial charge in [0.05, 0.1) is 5.60 Å². The molecule has 0 aliphatic rings. The molecule has 22 heavy (non-hydrogen) atoms. The Bertz CT molecular complexity index is 439. The van der Waals surface area contributed by atoms with Crippen molar-refractivity contribution in [1.29, 1.82) is 0 Å². The van der Waals surface area contributed by atoms with Crippen LogP contribution in [0, 0.1) is 6.92 Å². The van der Waals surface area contributed by atoms with E-state index in [2.05, 4.69) is 26.0 Å². The van der Waals surface area contributed by atoms with E-state index in [1.165, 1.54) is 31.2 Å². The lowest BCUT2D eigenvalue weighted by atomic mass is 9.77. The summed E-state index contributed by atoms with van der Waals surface area (Å²) in [5, 5.41) is 11.8. The van der Waals surface area contributed by atoms with E-state index < -0.39 is 5.60 Å². The molecule has 0 amide bonds. The molecule has 1 N–H and O–H groups in total. The highest BCUT2D eigenvalue weighted by molar-refractivity contribution is 6.31. The number of unbranched alkanes of at least 4 members (excludes halogenated alkanes) is 4. The maximum absolute atomic E-state index is 11.0. The van der Waals surface area contributed by atoms with Crippen molar-refractivity contribution in [3.63, 3.8) is 0 Å². The summed E-state index contributed by atoms with van der Waals surface area (Å²) in [5.41, 5.74) is 1.62. The lowest BCUT2D eigenvalue weighted by molar-refractivity contribution is 0.0162. The molecule has 0 heterocycles. The lowest BCUT2D eigenvalue weighted by Gasteiger charge is -2.34. The SMILES string of the molecule is CCCCCCCC(C)(O)C(CCC)c1ccc(C)c(Cl)c1. The van der Waals surface area contributed by atoms with Crippen LogP contribution in [0.15, 0.2) is 18.2 Å². The van der Waals surface area contributed by atoms with Gasteiger partial charge in [-0.25, -0.2) is 0 Å². The summed E-state index contributed by atoms with van der Waals surface area (Å²) in [5.74, 6) is 0.168. The number of rotatable bonds is 10. The summed E-state index contributed by atoms with van der Waals surface area (Å²) < 4.78 is 0. The Balaban J connectivity index is 2.76.